The summed E-state index contributed by atoms with van der Waals surface area (Å²) in [7, 11) is 0. The second-order valence-corrected chi connectivity index (χ2v) is 6.79. The summed E-state index contributed by atoms with van der Waals surface area (Å²) in [5.41, 5.74) is 4.97. The van der Waals surface area contributed by atoms with Gasteiger partial charge in [0.05, 0.1) is 11.7 Å². The van der Waals surface area contributed by atoms with Crippen LogP contribution in [-0.2, 0) is 9.59 Å². The number of nitrogens with zero attached hydrogens (tertiary/aromatic N) is 3. The van der Waals surface area contributed by atoms with E-state index in [1.54, 1.807) is 4.90 Å². The van der Waals surface area contributed by atoms with Crippen molar-refractivity contribution in [1.82, 2.24) is 15.3 Å². The number of rotatable bonds is 4. The molecule has 0 atom stereocenters. The molecule has 1 aromatic carbocycles. The van der Waals surface area contributed by atoms with Crippen molar-refractivity contribution in [3.8, 4) is 0 Å². The van der Waals surface area contributed by atoms with Crippen molar-refractivity contribution in [2.75, 3.05) is 13.1 Å². The Hall–Kier alpha value is -2.47. The van der Waals surface area contributed by atoms with Gasteiger partial charge < -0.3 is 4.90 Å². The molecule has 0 saturated carbocycles. The van der Waals surface area contributed by atoms with Gasteiger partial charge >= 0.3 is 0 Å². The summed E-state index contributed by atoms with van der Waals surface area (Å²) in [6, 6.07) is 7.76. The van der Waals surface area contributed by atoms with Crippen molar-refractivity contribution in [2.45, 2.75) is 32.6 Å². The topological polar surface area (TPSA) is 74.7 Å². The SMILES string of the molecule is Cc1cccc2cc(/C=N\NC(=O)CN3CCCCCC3=O)c(Cl)nc12. The second-order valence-electron chi connectivity index (χ2n) is 6.43. The zero-order valence-corrected chi connectivity index (χ0v) is 15.4. The maximum atomic E-state index is 12.0. The van der Waals surface area contributed by atoms with Gasteiger partial charge in [-0.3, -0.25) is 9.59 Å². The maximum absolute atomic E-state index is 12.0. The van der Waals surface area contributed by atoms with Crippen LogP contribution >= 0.6 is 11.6 Å². The van der Waals surface area contributed by atoms with Gasteiger partial charge in [-0.05, 0) is 31.4 Å². The molecule has 136 valence electrons. The summed E-state index contributed by atoms with van der Waals surface area (Å²) in [5.74, 6) is -0.295. The summed E-state index contributed by atoms with van der Waals surface area (Å²) in [6.45, 7) is 2.62. The van der Waals surface area contributed by atoms with Crippen molar-refractivity contribution in [3.05, 3.63) is 40.5 Å². The summed E-state index contributed by atoms with van der Waals surface area (Å²) in [5, 5.41) is 5.24. The van der Waals surface area contributed by atoms with Crippen molar-refractivity contribution < 1.29 is 9.59 Å². The van der Waals surface area contributed by atoms with Crippen LogP contribution in [0.15, 0.2) is 29.4 Å². The predicted molar refractivity (Wildman–Crippen MR) is 102 cm³/mol. The molecule has 2 amide bonds. The predicted octanol–water partition coefficient (Wildman–Crippen LogP) is 3.05. The molecule has 2 heterocycles. The summed E-state index contributed by atoms with van der Waals surface area (Å²) >= 11 is 6.22. The second kappa shape index (κ2) is 8.27. The zero-order chi connectivity index (χ0) is 18.5. The zero-order valence-electron chi connectivity index (χ0n) is 14.7. The van der Waals surface area contributed by atoms with Crippen molar-refractivity contribution >= 4 is 40.5 Å². The van der Waals surface area contributed by atoms with Gasteiger partial charge in [0, 0.05) is 23.9 Å². The van der Waals surface area contributed by atoms with Crippen LogP contribution in [-0.4, -0.2) is 41.0 Å². The van der Waals surface area contributed by atoms with Crippen LogP contribution in [0.1, 0.15) is 36.8 Å². The molecule has 0 bridgehead atoms. The molecular weight excluding hydrogens is 352 g/mol. The average molecular weight is 373 g/mol. The Morgan fingerprint density at radius 2 is 2.23 bits per heavy atom. The minimum Gasteiger partial charge on any atom is -0.333 e. The molecule has 0 aliphatic carbocycles. The maximum Gasteiger partial charge on any atom is 0.259 e. The Morgan fingerprint density at radius 1 is 1.38 bits per heavy atom. The van der Waals surface area contributed by atoms with E-state index in [0.717, 1.165) is 35.7 Å². The van der Waals surface area contributed by atoms with Crippen LogP contribution < -0.4 is 5.43 Å². The van der Waals surface area contributed by atoms with E-state index < -0.39 is 0 Å². The quantitative estimate of drug-likeness (QED) is 0.509. The van der Waals surface area contributed by atoms with Gasteiger partial charge in [-0.1, -0.05) is 36.2 Å². The van der Waals surface area contributed by atoms with E-state index in [1.807, 2.05) is 31.2 Å². The fourth-order valence-electron chi connectivity index (χ4n) is 3.02. The fourth-order valence-corrected chi connectivity index (χ4v) is 3.21. The number of carbonyl (C=O) groups is 2. The molecule has 1 aliphatic heterocycles. The molecular formula is C19H21ClN4O2. The third kappa shape index (κ3) is 4.38. The number of hydrazone groups is 1. The number of amides is 2. The smallest absolute Gasteiger partial charge is 0.259 e. The Kier molecular flexibility index (Phi) is 5.83. The third-order valence-corrected chi connectivity index (χ3v) is 4.73. The van der Waals surface area contributed by atoms with Gasteiger partial charge in [0.1, 0.15) is 11.7 Å². The van der Waals surface area contributed by atoms with Crippen LogP contribution in [0.5, 0.6) is 0 Å². The monoisotopic (exact) mass is 372 g/mol. The number of halogens is 1. The molecule has 3 rings (SSSR count). The van der Waals surface area contributed by atoms with Crippen LogP contribution in [0.4, 0.5) is 0 Å². The number of fused-ring (bicyclic) bond motifs is 1. The highest BCUT2D eigenvalue weighted by Gasteiger charge is 2.18. The molecule has 2 aromatic rings. The third-order valence-electron chi connectivity index (χ3n) is 4.43. The summed E-state index contributed by atoms with van der Waals surface area (Å²) in [6.07, 6.45) is 4.82. The molecule has 26 heavy (non-hydrogen) atoms. The van der Waals surface area contributed by atoms with E-state index in [1.165, 1.54) is 6.21 Å². The van der Waals surface area contributed by atoms with Gasteiger partial charge in [0.2, 0.25) is 5.91 Å². The number of hydrogen-bond donors (Lipinski definition) is 1. The number of para-hydroxylation sites is 1. The Balaban J connectivity index is 1.64. The van der Waals surface area contributed by atoms with Gasteiger partial charge in [-0.2, -0.15) is 5.10 Å². The van der Waals surface area contributed by atoms with E-state index in [9.17, 15) is 9.59 Å². The standard InChI is InChI=1S/C19H21ClN4O2/c1-13-6-5-7-14-10-15(19(20)22-18(13)14)11-21-23-16(25)12-24-9-4-2-3-8-17(24)26/h5-7,10-11H,2-4,8-9,12H2,1H3,(H,23,25)/b21-11-. The lowest BCUT2D eigenvalue weighted by molar-refractivity contribution is -0.135. The van der Waals surface area contributed by atoms with Crippen LogP contribution in [0.25, 0.3) is 10.9 Å². The summed E-state index contributed by atoms with van der Waals surface area (Å²) in [4.78, 5) is 29.9. The number of likely N-dealkylation sites (tertiary alicyclic amines) is 1. The molecule has 1 fully saturated rings. The lowest BCUT2D eigenvalue weighted by atomic mass is 10.1. The molecule has 7 heteroatoms. The Morgan fingerprint density at radius 3 is 3.08 bits per heavy atom. The molecule has 0 radical (unpaired) electrons. The lowest BCUT2D eigenvalue weighted by Crippen LogP contribution is -2.39. The minimum atomic E-state index is -0.322. The van der Waals surface area contributed by atoms with E-state index in [4.69, 9.17) is 11.6 Å². The lowest BCUT2D eigenvalue weighted by Gasteiger charge is -2.18. The molecule has 1 saturated heterocycles. The van der Waals surface area contributed by atoms with Crippen molar-refractivity contribution in [2.24, 2.45) is 5.10 Å². The molecule has 1 N–H and O–H groups in total. The number of pyridine rings is 1. The number of aryl methyl sites for hydroxylation is 1. The van der Waals surface area contributed by atoms with E-state index >= 15 is 0 Å². The van der Waals surface area contributed by atoms with Gasteiger partial charge in [0.15, 0.2) is 0 Å². The Labute approximate surface area is 157 Å². The Bertz CT molecular complexity index is 866. The first kappa shape index (κ1) is 18.3. The molecule has 1 aliphatic rings. The molecule has 0 spiro atoms. The first-order valence-corrected chi connectivity index (χ1v) is 9.08. The normalized spacial score (nSPS) is 15.5. The van der Waals surface area contributed by atoms with Crippen LogP contribution in [0.3, 0.4) is 0 Å². The largest absolute Gasteiger partial charge is 0.333 e. The van der Waals surface area contributed by atoms with E-state index in [2.05, 4.69) is 15.5 Å². The first-order chi connectivity index (χ1) is 12.5. The van der Waals surface area contributed by atoms with Crippen molar-refractivity contribution in [1.29, 1.82) is 0 Å². The van der Waals surface area contributed by atoms with Crippen LogP contribution in [0, 0.1) is 6.92 Å². The molecule has 0 unspecified atom stereocenters. The van der Waals surface area contributed by atoms with Crippen LogP contribution in [0.2, 0.25) is 5.15 Å². The number of hydrogen-bond acceptors (Lipinski definition) is 4. The van der Waals surface area contributed by atoms with Gasteiger partial charge in [0.25, 0.3) is 5.91 Å². The molecule has 1 aromatic heterocycles. The first-order valence-electron chi connectivity index (χ1n) is 8.70. The number of aromatic nitrogens is 1. The van der Waals surface area contributed by atoms with E-state index in [0.29, 0.717) is 23.7 Å². The van der Waals surface area contributed by atoms with E-state index in [-0.39, 0.29) is 18.4 Å². The number of carbonyl (C=O) groups excluding carboxylic acids is 2. The van der Waals surface area contributed by atoms with Crippen molar-refractivity contribution in [3.63, 3.8) is 0 Å². The minimum absolute atomic E-state index is 0.0266. The average Bonchev–Trinajstić information content (AvgIpc) is 2.81. The summed E-state index contributed by atoms with van der Waals surface area (Å²) < 4.78 is 0. The number of benzene rings is 1. The highest BCUT2D eigenvalue weighted by molar-refractivity contribution is 6.32. The highest BCUT2D eigenvalue weighted by Crippen LogP contribution is 2.21. The van der Waals surface area contributed by atoms with Gasteiger partial charge in [-0.15, -0.1) is 0 Å². The molecule has 6 nitrogen and oxygen atoms in total. The fraction of sp³-hybridized carbons (Fsp3) is 0.368. The number of nitrogens with one attached hydrogen (secondary N) is 1. The highest BCUT2D eigenvalue weighted by atomic mass is 35.5. The van der Waals surface area contributed by atoms with Gasteiger partial charge in [-0.25, -0.2) is 10.4 Å².